The molecule has 16 heavy (non-hydrogen) atoms. The summed E-state index contributed by atoms with van der Waals surface area (Å²) in [5.74, 6) is 0. The average Bonchev–Trinajstić information content (AvgIpc) is 2.63. The third-order valence-corrected chi connectivity index (χ3v) is 3.15. The third kappa shape index (κ3) is 2.18. The molecule has 84 valence electrons. The molecular formula is C12H14BrN3. The van der Waals surface area contributed by atoms with Gasteiger partial charge in [-0.1, -0.05) is 28.1 Å². The first-order valence-electron chi connectivity index (χ1n) is 5.22. The molecule has 1 aromatic heterocycles. The number of aromatic amines is 1. The molecule has 0 saturated carbocycles. The Bertz CT molecular complexity index is 474. The van der Waals surface area contributed by atoms with Gasteiger partial charge in [0.2, 0.25) is 0 Å². The highest BCUT2D eigenvalue weighted by Crippen LogP contribution is 2.24. The first kappa shape index (κ1) is 11.4. The minimum Gasteiger partial charge on any atom is -0.330 e. The molecule has 0 fully saturated rings. The van der Waals surface area contributed by atoms with Crippen LogP contribution in [0.4, 0.5) is 0 Å². The van der Waals surface area contributed by atoms with E-state index in [1.807, 2.05) is 12.1 Å². The van der Waals surface area contributed by atoms with Crippen molar-refractivity contribution in [3.05, 3.63) is 40.0 Å². The highest BCUT2D eigenvalue weighted by Gasteiger charge is 2.09. The van der Waals surface area contributed by atoms with Crippen molar-refractivity contribution < 1.29 is 0 Å². The number of hydrogen-bond acceptors (Lipinski definition) is 2. The molecule has 0 spiro atoms. The summed E-state index contributed by atoms with van der Waals surface area (Å²) < 4.78 is 1.08. The van der Waals surface area contributed by atoms with Gasteiger partial charge in [-0.3, -0.25) is 5.10 Å². The molecule has 0 aliphatic carbocycles. The van der Waals surface area contributed by atoms with Crippen LogP contribution in [0.3, 0.4) is 0 Å². The molecule has 0 atom stereocenters. The molecule has 0 bridgehead atoms. The van der Waals surface area contributed by atoms with Crippen molar-refractivity contribution in [1.82, 2.24) is 10.2 Å². The second-order valence-electron chi connectivity index (χ2n) is 3.72. The normalized spacial score (nSPS) is 10.7. The van der Waals surface area contributed by atoms with Gasteiger partial charge >= 0.3 is 0 Å². The van der Waals surface area contributed by atoms with Crippen molar-refractivity contribution in [2.45, 2.75) is 13.3 Å². The van der Waals surface area contributed by atoms with Gasteiger partial charge in [-0.05, 0) is 31.2 Å². The lowest BCUT2D eigenvalue weighted by atomic mass is 10.1. The van der Waals surface area contributed by atoms with Gasteiger partial charge in [-0.25, -0.2) is 0 Å². The summed E-state index contributed by atoms with van der Waals surface area (Å²) in [6, 6.07) is 8.15. The summed E-state index contributed by atoms with van der Waals surface area (Å²) in [5.41, 5.74) is 9.99. The van der Waals surface area contributed by atoms with Crippen molar-refractivity contribution in [2.24, 2.45) is 5.73 Å². The fraction of sp³-hybridized carbons (Fsp3) is 0.250. The molecule has 1 heterocycles. The van der Waals surface area contributed by atoms with Gasteiger partial charge < -0.3 is 5.73 Å². The summed E-state index contributed by atoms with van der Waals surface area (Å²) in [5, 5.41) is 7.38. The number of nitrogens with zero attached hydrogens (tertiary/aromatic N) is 1. The maximum Gasteiger partial charge on any atom is 0.0952 e. The predicted molar refractivity (Wildman–Crippen MR) is 69.2 cm³/mol. The maximum absolute atomic E-state index is 5.54. The quantitative estimate of drug-likeness (QED) is 0.908. The zero-order valence-corrected chi connectivity index (χ0v) is 10.7. The maximum atomic E-state index is 5.54. The Morgan fingerprint density at radius 3 is 2.62 bits per heavy atom. The van der Waals surface area contributed by atoms with E-state index in [2.05, 4.69) is 45.2 Å². The molecule has 0 amide bonds. The summed E-state index contributed by atoms with van der Waals surface area (Å²) in [6.45, 7) is 2.72. The number of halogens is 1. The van der Waals surface area contributed by atoms with Crippen LogP contribution in [-0.2, 0) is 6.42 Å². The van der Waals surface area contributed by atoms with Gasteiger partial charge in [-0.15, -0.1) is 0 Å². The van der Waals surface area contributed by atoms with Crippen molar-refractivity contribution in [1.29, 1.82) is 0 Å². The van der Waals surface area contributed by atoms with Gasteiger partial charge in [0.05, 0.1) is 5.69 Å². The first-order chi connectivity index (χ1) is 7.72. The van der Waals surface area contributed by atoms with E-state index >= 15 is 0 Å². The van der Waals surface area contributed by atoms with Gasteiger partial charge in [-0.2, -0.15) is 5.10 Å². The summed E-state index contributed by atoms with van der Waals surface area (Å²) in [4.78, 5) is 0. The number of benzene rings is 1. The molecule has 2 rings (SSSR count). The molecule has 0 aliphatic heterocycles. The minimum atomic E-state index is 0.642. The van der Waals surface area contributed by atoms with Gasteiger partial charge in [0.25, 0.3) is 0 Å². The van der Waals surface area contributed by atoms with Crippen molar-refractivity contribution in [2.75, 3.05) is 6.54 Å². The van der Waals surface area contributed by atoms with E-state index in [1.54, 1.807) is 0 Å². The Morgan fingerprint density at radius 2 is 2.00 bits per heavy atom. The Balaban J connectivity index is 2.37. The largest absolute Gasteiger partial charge is 0.330 e. The van der Waals surface area contributed by atoms with E-state index in [9.17, 15) is 0 Å². The lowest BCUT2D eigenvalue weighted by molar-refractivity contribution is 0.896. The number of nitrogens with two attached hydrogens (primary N) is 1. The SMILES string of the molecule is Cc1c(-c2ccc(Br)cc2)n[nH]c1CCN. The molecule has 2 aromatic rings. The van der Waals surface area contributed by atoms with Crippen LogP contribution < -0.4 is 5.73 Å². The third-order valence-electron chi connectivity index (χ3n) is 2.62. The predicted octanol–water partition coefficient (Wildman–Crippen LogP) is 2.65. The fourth-order valence-electron chi connectivity index (χ4n) is 1.71. The van der Waals surface area contributed by atoms with Crippen LogP contribution in [0.1, 0.15) is 11.3 Å². The van der Waals surface area contributed by atoms with Crippen molar-refractivity contribution in [3.63, 3.8) is 0 Å². The van der Waals surface area contributed by atoms with E-state index < -0.39 is 0 Å². The highest BCUT2D eigenvalue weighted by atomic mass is 79.9. The minimum absolute atomic E-state index is 0.642. The summed E-state index contributed by atoms with van der Waals surface area (Å²) >= 11 is 3.42. The Morgan fingerprint density at radius 1 is 1.31 bits per heavy atom. The topological polar surface area (TPSA) is 54.7 Å². The number of H-pyrrole nitrogens is 1. The second kappa shape index (κ2) is 4.80. The molecule has 0 radical (unpaired) electrons. The number of rotatable bonds is 3. The number of hydrogen-bond donors (Lipinski definition) is 2. The van der Waals surface area contributed by atoms with Crippen LogP contribution in [0, 0.1) is 6.92 Å². The average molecular weight is 280 g/mol. The molecule has 1 aromatic carbocycles. The first-order valence-corrected chi connectivity index (χ1v) is 6.01. The van der Waals surface area contributed by atoms with Crippen LogP contribution in [0.25, 0.3) is 11.3 Å². The molecular weight excluding hydrogens is 266 g/mol. The Hall–Kier alpha value is -1.13. The van der Waals surface area contributed by atoms with E-state index in [-0.39, 0.29) is 0 Å². The highest BCUT2D eigenvalue weighted by molar-refractivity contribution is 9.10. The monoisotopic (exact) mass is 279 g/mol. The van der Waals surface area contributed by atoms with Crippen LogP contribution in [0.5, 0.6) is 0 Å². The van der Waals surface area contributed by atoms with E-state index in [0.29, 0.717) is 6.54 Å². The second-order valence-corrected chi connectivity index (χ2v) is 4.64. The lowest BCUT2D eigenvalue weighted by Crippen LogP contribution is -2.03. The Labute approximate surface area is 103 Å². The molecule has 3 N–H and O–H groups in total. The zero-order chi connectivity index (χ0) is 11.5. The van der Waals surface area contributed by atoms with Crippen molar-refractivity contribution >= 4 is 15.9 Å². The van der Waals surface area contributed by atoms with Crippen LogP contribution in [-0.4, -0.2) is 16.7 Å². The molecule has 3 nitrogen and oxygen atoms in total. The van der Waals surface area contributed by atoms with Gasteiger partial charge in [0, 0.05) is 22.2 Å². The van der Waals surface area contributed by atoms with Crippen molar-refractivity contribution in [3.8, 4) is 11.3 Å². The van der Waals surface area contributed by atoms with E-state index in [0.717, 1.165) is 27.8 Å². The summed E-state index contributed by atoms with van der Waals surface area (Å²) in [7, 11) is 0. The van der Waals surface area contributed by atoms with Crippen LogP contribution >= 0.6 is 15.9 Å². The molecule has 0 saturated heterocycles. The molecule has 4 heteroatoms. The lowest BCUT2D eigenvalue weighted by Gasteiger charge is -2.00. The van der Waals surface area contributed by atoms with Gasteiger partial charge in [0.15, 0.2) is 0 Å². The number of aromatic nitrogens is 2. The van der Waals surface area contributed by atoms with Crippen LogP contribution in [0.2, 0.25) is 0 Å². The van der Waals surface area contributed by atoms with Gasteiger partial charge in [0.1, 0.15) is 0 Å². The molecule has 0 unspecified atom stereocenters. The zero-order valence-electron chi connectivity index (χ0n) is 9.13. The number of nitrogens with one attached hydrogen (secondary N) is 1. The fourth-order valence-corrected chi connectivity index (χ4v) is 1.97. The van der Waals surface area contributed by atoms with E-state index in [1.165, 1.54) is 5.56 Å². The van der Waals surface area contributed by atoms with E-state index in [4.69, 9.17) is 5.73 Å². The summed E-state index contributed by atoms with van der Waals surface area (Å²) in [6.07, 6.45) is 0.843. The van der Waals surface area contributed by atoms with Crippen LogP contribution in [0.15, 0.2) is 28.7 Å². The Kier molecular flexibility index (Phi) is 3.41. The standard InChI is InChI=1S/C12H14BrN3/c1-8-11(6-7-14)15-16-12(8)9-2-4-10(13)5-3-9/h2-5H,6-7,14H2,1H3,(H,15,16). The molecule has 0 aliphatic rings. The smallest absolute Gasteiger partial charge is 0.0952 e.